The van der Waals surface area contributed by atoms with E-state index in [-0.39, 0.29) is 12.2 Å². The van der Waals surface area contributed by atoms with Crippen molar-refractivity contribution >= 4 is 16.2 Å². The van der Waals surface area contributed by atoms with Gasteiger partial charge in [0.25, 0.3) is 0 Å². The number of hydrogen-bond acceptors (Lipinski definition) is 4. The molecule has 0 aliphatic heterocycles. The van der Waals surface area contributed by atoms with Gasteiger partial charge in [-0.2, -0.15) is 8.42 Å². The van der Waals surface area contributed by atoms with E-state index in [1.54, 1.807) is 6.92 Å². The van der Waals surface area contributed by atoms with Gasteiger partial charge in [0.15, 0.2) is 0 Å². The van der Waals surface area contributed by atoms with E-state index in [1.165, 1.54) is 12.1 Å². The normalized spacial score (nSPS) is 11.1. The molecule has 0 amide bonds. The number of esters is 1. The monoisotopic (exact) mass is 232 g/mol. The summed E-state index contributed by atoms with van der Waals surface area (Å²) in [7, 11) is -4.71. The lowest BCUT2D eigenvalue weighted by Crippen LogP contribution is -2.04. The van der Waals surface area contributed by atoms with Crippen molar-refractivity contribution in [1.29, 1.82) is 0 Å². The highest BCUT2D eigenvalue weighted by atomic mass is 32.3. The van der Waals surface area contributed by atoms with Crippen molar-refractivity contribution in [2.45, 2.75) is 11.8 Å². The van der Waals surface area contributed by atoms with Gasteiger partial charge in [-0.1, -0.05) is 0 Å². The van der Waals surface area contributed by atoms with Crippen LogP contribution in [-0.4, -0.2) is 21.0 Å². The Morgan fingerprint density at radius 2 is 1.87 bits per heavy atom. The summed E-state index contributed by atoms with van der Waals surface area (Å²) in [5.41, 5.74) is 0.184. The van der Waals surface area contributed by atoms with E-state index in [1.807, 2.05) is 0 Å². The molecule has 0 N–H and O–H groups in total. The van der Waals surface area contributed by atoms with Gasteiger partial charge in [-0.15, -0.1) is 3.89 Å². The Morgan fingerprint density at radius 3 is 2.27 bits per heavy atom. The fraction of sp³-hybridized carbons (Fsp3) is 0.222. The van der Waals surface area contributed by atoms with E-state index in [2.05, 4.69) is 4.74 Å². The van der Waals surface area contributed by atoms with Crippen LogP contribution < -0.4 is 0 Å². The first-order valence-electron chi connectivity index (χ1n) is 4.17. The van der Waals surface area contributed by atoms with Crippen molar-refractivity contribution in [1.82, 2.24) is 0 Å². The molecule has 0 fully saturated rings. The Balaban J connectivity index is 2.96. The van der Waals surface area contributed by atoms with Gasteiger partial charge in [0.05, 0.1) is 17.1 Å². The topological polar surface area (TPSA) is 60.4 Å². The molecule has 4 nitrogen and oxygen atoms in total. The molecule has 0 heterocycles. The highest BCUT2D eigenvalue weighted by Gasteiger charge is 2.13. The van der Waals surface area contributed by atoms with Gasteiger partial charge in [-0.05, 0) is 31.2 Å². The van der Waals surface area contributed by atoms with Crippen molar-refractivity contribution < 1.29 is 21.8 Å². The number of benzene rings is 1. The van der Waals surface area contributed by atoms with E-state index in [4.69, 9.17) is 0 Å². The summed E-state index contributed by atoms with van der Waals surface area (Å²) in [6, 6.07) is 4.43. The maximum absolute atomic E-state index is 12.5. The Labute approximate surface area is 86.9 Å². The second-order valence-electron chi connectivity index (χ2n) is 2.68. The lowest BCUT2D eigenvalue weighted by atomic mass is 10.2. The Bertz CT molecular complexity index is 450. The molecule has 82 valence electrons. The van der Waals surface area contributed by atoms with Crippen molar-refractivity contribution in [2.75, 3.05) is 6.61 Å². The van der Waals surface area contributed by atoms with Gasteiger partial charge >= 0.3 is 16.2 Å². The van der Waals surface area contributed by atoms with E-state index < -0.39 is 21.1 Å². The fourth-order valence-electron chi connectivity index (χ4n) is 0.968. The predicted octanol–water partition coefficient (Wildman–Crippen LogP) is 1.52. The van der Waals surface area contributed by atoms with Crippen LogP contribution in [0.3, 0.4) is 0 Å². The first-order valence-corrected chi connectivity index (χ1v) is 5.55. The fourth-order valence-corrected chi connectivity index (χ4v) is 1.43. The Hall–Kier alpha value is -1.43. The SMILES string of the molecule is CCOC(=O)c1ccc(S(=O)(=O)F)cc1. The number of halogens is 1. The summed E-state index contributed by atoms with van der Waals surface area (Å²) in [6.45, 7) is 1.88. The molecule has 0 aliphatic carbocycles. The zero-order valence-corrected chi connectivity index (χ0v) is 8.75. The molecule has 0 saturated heterocycles. The molecule has 1 rings (SSSR count). The van der Waals surface area contributed by atoms with Crippen LogP contribution in [0.4, 0.5) is 3.89 Å². The van der Waals surface area contributed by atoms with Crippen LogP contribution in [0.2, 0.25) is 0 Å². The molecular weight excluding hydrogens is 223 g/mol. The van der Waals surface area contributed by atoms with Crippen LogP contribution in [0.25, 0.3) is 0 Å². The molecule has 15 heavy (non-hydrogen) atoms. The lowest BCUT2D eigenvalue weighted by Gasteiger charge is -2.01. The molecule has 0 saturated carbocycles. The van der Waals surface area contributed by atoms with Crippen molar-refractivity contribution in [2.24, 2.45) is 0 Å². The van der Waals surface area contributed by atoms with Gasteiger partial charge < -0.3 is 4.74 Å². The van der Waals surface area contributed by atoms with E-state index in [9.17, 15) is 17.1 Å². The van der Waals surface area contributed by atoms with Crippen LogP contribution in [0.1, 0.15) is 17.3 Å². The zero-order chi connectivity index (χ0) is 11.5. The number of hydrogen-bond donors (Lipinski definition) is 0. The largest absolute Gasteiger partial charge is 0.462 e. The molecule has 1 aromatic rings. The summed E-state index contributed by atoms with van der Waals surface area (Å²) in [4.78, 5) is 10.7. The molecule has 6 heteroatoms. The maximum atomic E-state index is 12.5. The van der Waals surface area contributed by atoms with Crippen LogP contribution in [-0.2, 0) is 15.0 Å². The van der Waals surface area contributed by atoms with E-state index in [0.29, 0.717) is 0 Å². The molecule has 0 unspecified atom stereocenters. The minimum atomic E-state index is -4.71. The first-order chi connectivity index (χ1) is 6.95. The maximum Gasteiger partial charge on any atom is 0.338 e. The molecule has 0 aliphatic rings. The summed E-state index contributed by atoms with van der Waals surface area (Å²) >= 11 is 0. The lowest BCUT2D eigenvalue weighted by molar-refractivity contribution is 0.0526. The molecule has 0 radical (unpaired) electrons. The van der Waals surface area contributed by atoms with Crippen LogP contribution in [0.5, 0.6) is 0 Å². The van der Waals surface area contributed by atoms with Crippen LogP contribution >= 0.6 is 0 Å². The third-order valence-electron chi connectivity index (χ3n) is 1.65. The third-order valence-corrected chi connectivity index (χ3v) is 2.48. The van der Waals surface area contributed by atoms with Gasteiger partial charge in [0, 0.05) is 0 Å². The number of carbonyl (C=O) groups excluding carboxylic acids is 1. The van der Waals surface area contributed by atoms with Crippen LogP contribution in [0.15, 0.2) is 29.2 Å². The molecule has 1 aromatic carbocycles. The second-order valence-corrected chi connectivity index (χ2v) is 4.03. The molecule has 0 spiro atoms. The minimum absolute atomic E-state index is 0.184. The van der Waals surface area contributed by atoms with Gasteiger partial charge in [-0.25, -0.2) is 4.79 Å². The molecule has 0 atom stereocenters. The average Bonchev–Trinajstić information content (AvgIpc) is 2.17. The second kappa shape index (κ2) is 4.39. The summed E-state index contributed by atoms with van der Waals surface area (Å²) in [5.74, 6) is -0.569. The molecular formula is C9H9FO4S. The smallest absolute Gasteiger partial charge is 0.338 e. The third kappa shape index (κ3) is 3.02. The number of rotatable bonds is 3. The molecule has 0 aromatic heterocycles. The Morgan fingerprint density at radius 1 is 1.33 bits per heavy atom. The highest BCUT2D eigenvalue weighted by molar-refractivity contribution is 7.86. The van der Waals surface area contributed by atoms with Crippen molar-refractivity contribution in [3.05, 3.63) is 29.8 Å². The summed E-state index contributed by atoms with van der Waals surface area (Å²) in [6.07, 6.45) is 0. The summed E-state index contributed by atoms with van der Waals surface area (Å²) < 4.78 is 38.0. The quantitative estimate of drug-likeness (QED) is 0.585. The minimum Gasteiger partial charge on any atom is -0.462 e. The van der Waals surface area contributed by atoms with Crippen molar-refractivity contribution in [3.63, 3.8) is 0 Å². The zero-order valence-electron chi connectivity index (χ0n) is 7.94. The average molecular weight is 232 g/mol. The van der Waals surface area contributed by atoms with Gasteiger partial charge in [0.2, 0.25) is 0 Å². The van der Waals surface area contributed by atoms with Crippen molar-refractivity contribution in [3.8, 4) is 0 Å². The standard InChI is InChI=1S/C9H9FO4S/c1-2-14-9(11)7-3-5-8(6-4-7)15(10,12)13/h3-6H,2H2,1H3. The van der Waals surface area contributed by atoms with Gasteiger partial charge in [-0.3, -0.25) is 0 Å². The number of carbonyl (C=O) groups is 1. The summed E-state index contributed by atoms with van der Waals surface area (Å²) in [5, 5.41) is 0. The van der Waals surface area contributed by atoms with E-state index >= 15 is 0 Å². The van der Waals surface area contributed by atoms with E-state index in [0.717, 1.165) is 12.1 Å². The Kier molecular flexibility index (Phi) is 3.41. The first kappa shape index (κ1) is 11.6. The highest BCUT2D eigenvalue weighted by Crippen LogP contribution is 2.13. The van der Waals surface area contributed by atoms with Gasteiger partial charge in [0.1, 0.15) is 0 Å². The van der Waals surface area contributed by atoms with Crippen LogP contribution in [0, 0.1) is 0 Å². The number of ether oxygens (including phenoxy) is 1. The predicted molar refractivity (Wildman–Crippen MR) is 50.7 cm³/mol. The molecule has 0 bridgehead atoms.